The summed E-state index contributed by atoms with van der Waals surface area (Å²) in [7, 11) is 0. The van der Waals surface area contributed by atoms with Crippen molar-refractivity contribution in [3.63, 3.8) is 0 Å². The van der Waals surface area contributed by atoms with Crippen LogP contribution in [0.3, 0.4) is 0 Å². The second-order valence-electron chi connectivity index (χ2n) is 4.84. The summed E-state index contributed by atoms with van der Waals surface area (Å²) in [5.74, 6) is -0.566. The molecule has 0 unspecified atom stereocenters. The summed E-state index contributed by atoms with van der Waals surface area (Å²) in [5, 5.41) is 4.51. The molecule has 25 heavy (non-hydrogen) atoms. The Labute approximate surface area is 148 Å². The van der Waals surface area contributed by atoms with Gasteiger partial charge in [0.25, 0.3) is 5.91 Å². The third kappa shape index (κ3) is 3.99. The molecule has 0 fully saturated rings. The average molecular weight is 388 g/mol. The van der Waals surface area contributed by atoms with Gasteiger partial charge in [0.15, 0.2) is 6.61 Å². The van der Waals surface area contributed by atoms with Crippen LogP contribution in [0.4, 0.5) is 18.9 Å². The minimum Gasteiger partial charge on any atom is -0.467 e. The van der Waals surface area contributed by atoms with E-state index in [1.54, 1.807) is 11.4 Å². The van der Waals surface area contributed by atoms with Gasteiger partial charge in [-0.15, -0.1) is 11.3 Å². The number of alkyl halides is 3. The lowest BCUT2D eigenvalue weighted by atomic mass is 10.1. The SMILES string of the molecule is O=C(COc1ncnc2sccc12)Nc1ccc(Cl)cc1C(F)(F)F. The van der Waals surface area contributed by atoms with Gasteiger partial charge < -0.3 is 10.1 Å². The number of nitrogens with one attached hydrogen (secondary N) is 1. The Balaban J connectivity index is 1.72. The number of hydrogen-bond acceptors (Lipinski definition) is 5. The van der Waals surface area contributed by atoms with Gasteiger partial charge in [0.05, 0.1) is 16.6 Å². The maximum atomic E-state index is 13.0. The summed E-state index contributed by atoms with van der Waals surface area (Å²) in [5.41, 5.74) is -1.43. The molecule has 0 saturated heterocycles. The Kier molecular flexibility index (Phi) is 4.78. The van der Waals surface area contributed by atoms with E-state index >= 15 is 0 Å². The van der Waals surface area contributed by atoms with Crippen LogP contribution in [0, 0.1) is 0 Å². The van der Waals surface area contributed by atoms with Gasteiger partial charge in [-0.3, -0.25) is 4.79 Å². The highest BCUT2D eigenvalue weighted by Gasteiger charge is 2.34. The molecule has 1 aromatic carbocycles. The third-order valence-corrected chi connectivity index (χ3v) is 4.18. The fourth-order valence-corrected chi connectivity index (χ4v) is 2.96. The van der Waals surface area contributed by atoms with E-state index < -0.39 is 29.9 Å². The van der Waals surface area contributed by atoms with E-state index in [-0.39, 0.29) is 10.9 Å². The monoisotopic (exact) mass is 387 g/mol. The molecule has 10 heteroatoms. The largest absolute Gasteiger partial charge is 0.467 e. The number of halogens is 4. The molecule has 1 N–H and O–H groups in total. The highest BCUT2D eigenvalue weighted by molar-refractivity contribution is 7.16. The fourth-order valence-electron chi connectivity index (χ4n) is 2.06. The summed E-state index contributed by atoms with van der Waals surface area (Å²) in [6.45, 7) is -0.498. The zero-order chi connectivity index (χ0) is 18.0. The van der Waals surface area contributed by atoms with Gasteiger partial charge in [-0.25, -0.2) is 9.97 Å². The van der Waals surface area contributed by atoms with Crippen LogP contribution in [-0.2, 0) is 11.0 Å². The van der Waals surface area contributed by atoms with Crippen molar-refractivity contribution in [2.75, 3.05) is 11.9 Å². The lowest BCUT2D eigenvalue weighted by molar-refractivity contribution is -0.137. The van der Waals surface area contributed by atoms with Crippen LogP contribution in [0.2, 0.25) is 5.02 Å². The topological polar surface area (TPSA) is 64.1 Å². The lowest BCUT2D eigenvalue weighted by Crippen LogP contribution is -2.22. The number of benzene rings is 1. The number of hydrogen-bond donors (Lipinski definition) is 1. The molecule has 0 aliphatic carbocycles. The van der Waals surface area contributed by atoms with Crippen molar-refractivity contribution in [2.24, 2.45) is 0 Å². The molecule has 0 bridgehead atoms. The van der Waals surface area contributed by atoms with Gasteiger partial charge in [0.2, 0.25) is 5.88 Å². The van der Waals surface area contributed by atoms with Crippen LogP contribution in [0.15, 0.2) is 36.0 Å². The molecular formula is C15H9ClF3N3O2S. The molecule has 1 amide bonds. The van der Waals surface area contributed by atoms with E-state index in [1.165, 1.54) is 23.7 Å². The number of aromatic nitrogens is 2. The van der Waals surface area contributed by atoms with Crippen molar-refractivity contribution >= 4 is 44.7 Å². The summed E-state index contributed by atoms with van der Waals surface area (Å²) >= 11 is 6.97. The first kappa shape index (κ1) is 17.4. The van der Waals surface area contributed by atoms with E-state index in [9.17, 15) is 18.0 Å². The molecule has 0 radical (unpaired) electrons. The van der Waals surface area contributed by atoms with Crippen molar-refractivity contribution in [3.8, 4) is 5.88 Å². The first-order valence-electron chi connectivity index (χ1n) is 6.82. The predicted molar refractivity (Wildman–Crippen MR) is 88.0 cm³/mol. The van der Waals surface area contributed by atoms with Crippen LogP contribution in [0.25, 0.3) is 10.2 Å². The number of anilines is 1. The van der Waals surface area contributed by atoms with Crippen LogP contribution in [0.5, 0.6) is 5.88 Å². The lowest BCUT2D eigenvalue weighted by Gasteiger charge is -2.14. The molecule has 0 atom stereocenters. The van der Waals surface area contributed by atoms with E-state index in [4.69, 9.17) is 16.3 Å². The van der Waals surface area contributed by atoms with E-state index in [0.29, 0.717) is 10.2 Å². The minimum absolute atomic E-state index is 0.0811. The highest BCUT2D eigenvalue weighted by atomic mass is 35.5. The van der Waals surface area contributed by atoms with Crippen molar-refractivity contribution in [3.05, 3.63) is 46.6 Å². The fraction of sp³-hybridized carbons (Fsp3) is 0.133. The number of carbonyl (C=O) groups excluding carboxylic acids is 1. The average Bonchev–Trinajstić information content (AvgIpc) is 3.03. The van der Waals surface area contributed by atoms with Crippen LogP contribution >= 0.6 is 22.9 Å². The predicted octanol–water partition coefficient (Wildman–Crippen LogP) is 4.38. The molecule has 0 aliphatic rings. The van der Waals surface area contributed by atoms with Crippen molar-refractivity contribution in [2.45, 2.75) is 6.18 Å². The molecule has 130 valence electrons. The quantitative estimate of drug-likeness (QED) is 0.721. The number of nitrogens with zero attached hydrogens (tertiary/aromatic N) is 2. The smallest absolute Gasteiger partial charge is 0.418 e. The summed E-state index contributed by atoms with van der Waals surface area (Å²) in [6.07, 6.45) is -3.36. The number of amides is 1. The van der Waals surface area contributed by atoms with Crippen molar-refractivity contribution < 1.29 is 22.7 Å². The molecular weight excluding hydrogens is 379 g/mol. The van der Waals surface area contributed by atoms with Gasteiger partial charge in [-0.2, -0.15) is 13.2 Å². The number of fused-ring (bicyclic) bond motifs is 1. The maximum Gasteiger partial charge on any atom is 0.418 e. The molecule has 3 rings (SSSR count). The Morgan fingerprint density at radius 3 is 2.84 bits per heavy atom. The molecule has 3 aromatic rings. The first-order chi connectivity index (χ1) is 11.8. The number of carbonyl (C=O) groups is 1. The zero-order valence-electron chi connectivity index (χ0n) is 12.3. The van der Waals surface area contributed by atoms with Gasteiger partial charge in [0.1, 0.15) is 11.2 Å². The molecule has 0 spiro atoms. The zero-order valence-corrected chi connectivity index (χ0v) is 13.9. The van der Waals surface area contributed by atoms with Crippen LogP contribution in [0.1, 0.15) is 5.56 Å². The van der Waals surface area contributed by atoms with E-state index in [0.717, 1.165) is 12.1 Å². The minimum atomic E-state index is -4.65. The normalized spacial score (nSPS) is 11.5. The number of rotatable bonds is 4. The van der Waals surface area contributed by atoms with Gasteiger partial charge >= 0.3 is 6.18 Å². The molecule has 0 aliphatic heterocycles. The first-order valence-corrected chi connectivity index (χ1v) is 8.08. The second kappa shape index (κ2) is 6.85. The Hall–Kier alpha value is -2.39. The number of thiophene rings is 1. The molecule has 2 heterocycles. The Morgan fingerprint density at radius 2 is 2.08 bits per heavy atom. The standard InChI is InChI=1S/C15H9ClF3N3O2S/c16-8-1-2-11(10(5-8)15(17,18)19)22-12(23)6-24-13-9-3-4-25-14(9)21-7-20-13/h1-5,7H,6H2,(H,22,23). The molecule has 2 aromatic heterocycles. The summed E-state index contributed by atoms with van der Waals surface area (Å²) in [4.78, 5) is 20.6. The summed E-state index contributed by atoms with van der Waals surface area (Å²) in [6, 6.07) is 4.82. The Morgan fingerprint density at radius 1 is 1.28 bits per heavy atom. The van der Waals surface area contributed by atoms with Crippen LogP contribution in [-0.4, -0.2) is 22.5 Å². The maximum absolute atomic E-state index is 13.0. The summed E-state index contributed by atoms with van der Waals surface area (Å²) < 4.78 is 44.3. The third-order valence-electron chi connectivity index (χ3n) is 3.13. The second-order valence-corrected chi connectivity index (χ2v) is 6.17. The van der Waals surface area contributed by atoms with E-state index in [2.05, 4.69) is 15.3 Å². The van der Waals surface area contributed by atoms with Crippen molar-refractivity contribution in [1.82, 2.24) is 9.97 Å². The molecule has 0 saturated carbocycles. The van der Waals surface area contributed by atoms with Crippen LogP contribution < -0.4 is 10.1 Å². The van der Waals surface area contributed by atoms with Crippen molar-refractivity contribution in [1.29, 1.82) is 0 Å². The van der Waals surface area contributed by atoms with E-state index in [1.807, 2.05) is 0 Å². The molecule has 5 nitrogen and oxygen atoms in total. The van der Waals surface area contributed by atoms with Gasteiger partial charge in [-0.05, 0) is 29.6 Å². The Bertz CT molecular complexity index is 930. The number of ether oxygens (including phenoxy) is 1. The highest BCUT2D eigenvalue weighted by Crippen LogP contribution is 2.36. The van der Waals surface area contributed by atoms with Gasteiger partial charge in [-0.1, -0.05) is 11.6 Å². The van der Waals surface area contributed by atoms with Gasteiger partial charge in [0, 0.05) is 5.02 Å².